The molecule has 2 aromatic rings. The molecule has 1 saturated heterocycles. The van der Waals surface area contributed by atoms with E-state index in [9.17, 15) is 9.59 Å². The van der Waals surface area contributed by atoms with Gasteiger partial charge in [0.05, 0.1) is 11.1 Å². The molecule has 1 fully saturated rings. The summed E-state index contributed by atoms with van der Waals surface area (Å²) in [5, 5.41) is 2.81. The minimum Gasteiger partial charge on any atom is -0.332 e. The summed E-state index contributed by atoms with van der Waals surface area (Å²) in [4.78, 5) is 26.1. The first-order valence-electron chi connectivity index (χ1n) is 8.48. The molecule has 6 heteroatoms. The molecule has 136 valence electrons. The second kappa shape index (κ2) is 8.64. The highest BCUT2D eigenvalue weighted by atomic mass is 32.2. The first-order valence-corrected chi connectivity index (χ1v) is 10.6. The molecule has 0 bridgehead atoms. The maximum absolute atomic E-state index is 12.5. The van der Waals surface area contributed by atoms with Crippen LogP contribution in [0.2, 0.25) is 0 Å². The van der Waals surface area contributed by atoms with Crippen molar-refractivity contribution in [1.82, 2.24) is 4.90 Å². The van der Waals surface area contributed by atoms with Crippen molar-refractivity contribution in [2.45, 2.75) is 11.5 Å². The van der Waals surface area contributed by atoms with Gasteiger partial charge in [-0.15, -0.1) is 23.5 Å². The highest BCUT2D eigenvalue weighted by Gasteiger charge is 2.19. The topological polar surface area (TPSA) is 49.4 Å². The number of benzene rings is 2. The zero-order valence-electron chi connectivity index (χ0n) is 14.9. The average Bonchev–Trinajstić information content (AvgIpc) is 3.18. The second-order valence-corrected chi connectivity index (χ2v) is 9.00. The van der Waals surface area contributed by atoms with Crippen molar-refractivity contribution in [3.05, 3.63) is 65.2 Å². The van der Waals surface area contributed by atoms with Crippen LogP contribution in [0.4, 0.5) is 5.69 Å². The predicted octanol–water partition coefficient (Wildman–Crippen LogP) is 4.18. The Morgan fingerprint density at radius 2 is 1.65 bits per heavy atom. The molecular weight excluding hydrogens is 364 g/mol. The molecule has 2 amide bonds. The van der Waals surface area contributed by atoms with Gasteiger partial charge in [-0.05, 0) is 36.8 Å². The van der Waals surface area contributed by atoms with Gasteiger partial charge in [0.1, 0.15) is 0 Å². The van der Waals surface area contributed by atoms with Crippen molar-refractivity contribution in [3.8, 4) is 0 Å². The lowest BCUT2D eigenvalue weighted by Gasteiger charge is -2.17. The van der Waals surface area contributed by atoms with E-state index < -0.39 is 0 Å². The quantitative estimate of drug-likeness (QED) is 0.837. The third-order valence-corrected chi connectivity index (χ3v) is 7.22. The number of anilines is 1. The van der Waals surface area contributed by atoms with Crippen molar-refractivity contribution < 1.29 is 9.59 Å². The van der Waals surface area contributed by atoms with Crippen LogP contribution >= 0.6 is 23.5 Å². The van der Waals surface area contributed by atoms with Gasteiger partial charge >= 0.3 is 0 Å². The van der Waals surface area contributed by atoms with Gasteiger partial charge in [-0.3, -0.25) is 9.59 Å². The van der Waals surface area contributed by atoms with Crippen molar-refractivity contribution in [2.24, 2.45) is 0 Å². The zero-order valence-corrected chi connectivity index (χ0v) is 16.5. The molecule has 26 heavy (non-hydrogen) atoms. The van der Waals surface area contributed by atoms with E-state index in [1.54, 1.807) is 7.05 Å². The van der Waals surface area contributed by atoms with Gasteiger partial charge in [-0.25, -0.2) is 0 Å². The van der Waals surface area contributed by atoms with E-state index in [1.807, 2.05) is 79.0 Å². The molecule has 0 aliphatic carbocycles. The monoisotopic (exact) mass is 386 g/mol. The van der Waals surface area contributed by atoms with Crippen LogP contribution in [0.5, 0.6) is 0 Å². The van der Waals surface area contributed by atoms with Crippen LogP contribution < -0.4 is 5.32 Å². The molecule has 0 atom stereocenters. The molecule has 0 spiro atoms. The highest BCUT2D eigenvalue weighted by Crippen LogP contribution is 2.45. The summed E-state index contributed by atoms with van der Waals surface area (Å²) >= 11 is 3.88. The standard InChI is InChI=1S/C20H22N2O2S2/c1-14-3-9-17(10-4-14)21-18(23)13-22(2)19(24)15-5-7-16(8-6-15)20-25-11-12-26-20/h3-10,20H,11-13H2,1-2H3,(H,21,23). The summed E-state index contributed by atoms with van der Waals surface area (Å²) < 4.78 is 0.470. The molecule has 0 saturated carbocycles. The van der Waals surface area contributed by atoms with Crippen LogP contribution in [-0.4, -0.2) is 41.8 Å². The molecule has 0 radical (unpaired) electrons. The number of hydrogen-bond donors (Lipinski definition) is 1. The fourth-order valence-corrected chi connectivity index (χ4v) is 5.54. The van der Waals surface area contributed by atoms with Gasteiger partial charge in [0.25, 0.3) is 5.91 Å². The van der Waals surface area contributed by atoms with Gasteiger partial charge in [0.2, 0.25) is 5.91 Å². The number of nitrogens with zero attached hydrogens (tertiary/aromatic N) is 1. The molecule has 1 N–H and O–H groups in total. The Morgan fingerprint density at radius 1 is 1.04 bits per heavy atom. The van der Waals surface area contributed by atoms with Crippen LogP contribution in [0.15, 0.2) is 48.5 Å². The summed E-state index contributed by atoms with van der Waals surface area (Å²) in [6, 6.07) is 15.3. The Labute approximate surface area is 162 Å². The van der Waals surface area contributed by atoms with Gasteiger partial charge in [0, 0.05) is 29.8 Å². The number of hydrogen-bond acceptors (Lipinski definition) is 4. The molecule has 1 aliphatic heterocycles. The first kappa shape index (κ1) is 18.9. The summed E-state index contributed by atoms with van der Waals surface area (Å²) in [5.74, 6) is 1.99. The SMILES string of the molecule is Cc1ccc(NC(=O)CN(C)C(=O)c2ccc(C3SCCS3)cc2)cc1. The molecule has 1 heterocycles. The van der Waals surface area contributed by atoms with Gasteiger partial charge in [-0.1, -0.05) is 29.8 Å². The van der Waals surface area contributed by atoms with E-state index in [0.717, 1.165) is 11.3 Å². The number of nitrogens with one attached hydrogen (secondary N) is 1. The number of aryl methyl sites for hydroxylation is 1. The fourth-order valence-electron chi connectivity index (χ4n) is 2.68. The molecular formula is C20H22N2O2S2. The molecule has 0 unspecified atom stereocenters. The lowest BCUT2D eigenvalue weighted by Crippen LogP contribution is -2.34. The summed E-state index contributed by atoms with van der Waals surface area (Å²) in [7, 11) is 1.65. The van der Waals surface area contributed by atoms with Crippen LogP contribution in [0.1, 0.15) is 26.1 Å². The Kier molecular flexibility index (Phi) is 6.27. The van der Waals surface area contributed by atoms with Crippen molar-refractivity contribution >= 4 is 41.0 Å². The number of likely N-dealkylation sites (N-methyl/N-ethyl adjacent to an activating group) is 1. The minimum atomic E-state index is -0.208. The molecule has 3 rings (SSSR count). The Bertz CT molecular complexity index is 769. The first-order chi connectivity index (χ1) is 12.5. The third kappa shape index (κ3) is 4.83. The van der Waals surface area contributed by atoms with Gasteiger partial charge in [-0.2, -0.15) is 0 Å². The fraction of sp³-hybridized carbons (Fsp3) is 0.300. The van der Waals surface area contributed by atoms with E-state index in [2.05, 4.69) is 5.32 Å². The van der Waals surface area contributed by atoms with Crippen LogP contribution in [-0.2, 0) is 4.79 Å². The van der Waals surface area contributed by atoms with Crippen molar-refractivity contribution in [1.29, 1.82) is 0 Å². The third-order valence-electron chi connectivity index (χ3n) is 4.11. The zero-order chi connectivity index (χ0) is 18.5. The van der Waals surface area contributed by atoms with Crippen molar-refractivity contribution in [2.75, 3.05) is 30.4 Å². The Hall–Kier alpha value is -1.92. The Morgan fingerprint density at radius 3 is 2.27 bits per heavy atom. The minimum absolute atomic E-state index is 0.0167. The summed E-state index contributed by atoms with van der Waals surface area (Å²) in [6.45, 7) is 2.01. The molecule has 4 nitrogen and oxygen atoms in total. The molecule has 1 aliphatic rings. The van der Waals surface area contributed by atoms with Gasteiger partial charge in [0.15, 0.2) is 0 Å². The van der Waals surface area contributed by atoms with E-state index in [1.165, 1.54) is 22.0 Å². The largest absolute Gasteiger partial charge is 0.332 e. The number of carbonyl (C=O) groups excluding carboxylic acids is 2. The number of rotatable bonds is 5. The van der Waals surface area contributed by atoms with E-state index >= 15 is 0 Å². The number of carbonyl (C=O) groups is 2. The lowest BCUT2D eigenvalue weighted by atomic mass is 10.1. The Balaban J connectivity index is 1.56. The maximum Gasteiger partial charge on any atom is 0.254 e. The predicted molar refractivity (Wildman–Crippen MR) is 111 cm³/mol. The smallest absolute Gasteiger partial charge is 0.254 e. The second-order valence-electron chi connectivity index (χ2n) is 6.27. The number of amides is 2. The lowest BCUT2D eigenvalue weighted by molar-refractivity contribution is -0.116. The van der Waals surface area contributed by atoms with Crippen molar-refractivity contribution in [3.63, 3.8) is 0 Å². The van der Waals surface area contributed by atoms with Gasteiger partial charge < -0.3 is 10.2 Å². The van der Waals surface area contributed by atoms with E-state index in [-0.39, 0.29) is 18.4 Å². The summed E-state index contributed by atoms with van der Waals surface area (Å²) in [6.07, 6.45) is 0. The number of thioether (sulfide) groups is 2. The normalized spacial score (nSPS) is 14.2. The van der Waals surface area contributed by atoms with E-state index in [4.69, 9.17) is 0 Å². The average molecular weight is 387 g/mol. The van der Waals surface area contributed by atoms with Crippen LogP contribution in [0.3, 0.4) is 0 Å². The van der Waals surface area contributed by atoms with E-state index in [0.29, 0.717) is 10.1 Å². The highest BCUT2D eigenvalue weighted by molar-refractivity contribution is 8.19. The molecule has 0 aromatic heterocycles. The van der Waals surface area contributed by atoms with Crippen LogP contribution in [0.25, 0.3) is 0 Å². The summed E-state index contributed by atoms with van der Waals surface area (Å²) in [5.41, 5.74) is 3.71. The maximum atomic E-state index is 12.5. The van der Waals surface area contributed by atoms with Crippen LogP contribution in [0, 0.1) is 6.92 Å². The molecule has 2 aromatic carbocycles.